The van der Waals surface area contributed by atoms with E-state index in [2.05, 4.69) is 10.6 Å². The number of alkyl carbamates (subject to hydrolysis) is 1. The average molecular weight is 582 g/mol. The van der Waals surface area contributed by atoms with E-state index in [1.54, 1.807) is 46.8 Å². The minimum Gasteiger partial charge on any atom is -0.508 e. The van der Waals surface area contributed by atoms with Gasteiger partial charge in [-0.15, -0.1) is 0 Å². The number of phenolic OH excluding ortho intramolecular Hbond substituents is 1. The van der Waals surface area contributed by atoms with E-state index in [1.165, 1.54) is 22.7 Å². The van der Waals surface area contributed by atoms with Gasteiger partial charge in [0, 0.05) is 13.1 Å². The topological polar surface area (TPSA) is 134 Å². The summed E-state index contributed by atoms with van der Waals surface area (Å²) in [5.74, 6) is -0.649. The Balaban J connectivity index is 3.46. The van der Waals surface area contributed by atoms with Crippen LogP contribution in [-0.2, 0) is 23.9 Å². The van der Waals surface area contributed by atoms with Gasteiger partial charge in [-0.1, -0.05) is 25.8 Å². The molecule has 10 nitrogen and oxygen atoms in total. The molecule has 0 heterocycles. The number of nitrogens with one attached hydrogen (secondary N) is 2. The summed E-state index contributed by atoms with van der Waals surface area (Å²) in [7, 11) is 0. The number of aromatic hydroxyl groups is 1. The summed E-state index contributed by atoms with van der Waals surface area (Å²) >= 11 is 1.54. The number of hydrogen-bond donors (Lipinski definition) is 3. The lowest BCUT2D eigenvalue weighted by Crippen LogP contribution is -2.53. The highest BCUT2D eigenvalue weighted by atomic mass is 32.2. The third-order valence-electron chi connectivity index (χ3n) is 5.92. The van der Waals surface area contributed by atoms with E-state index in [1.807, 2.05) is 13.2 Å². The molecular formula is C29H47N3O7S. The molecular weight excluding hydrogens is 534 g/mol. The molecule has 0 saturated carbocycles. The maximum absolute atomic E-state index is 14.1. The average Bonchev–Trinajstić information content (AvgIpc) is 2.86. The number of aryl methyl sites for hydroxylation is 1. The van der Waals surface area contributed by atoms with Gasteiger partial charge in [0.2, 0.25) is 11.8 Å². The van der Waals surface area contributed by atoms with Crippen LogP contribution in [0.4, 0.5) is 4.79 Å². The summed E-state index contributed by atoms with van der Waals surface area (Å²) in [6, 6.07) is 2.79. The van der Waals surface area contributed by atoms with Crippen LogP contribution >= 0.6 is 11.8 Å². The normalized spacial score (nSPS) is 12.7. The van der Waals surface area contributed by atoms with Gasteiger partial charge in [-0.2, -0.15) is 11.8 Å². The van der Waals surface area contributed by atoms with E-state index >= 15 is 0 Å². The van der Waals surface area contributed by atoms with Crippen molar-refractivity contribution in [2.24, 2.45) is 0 Å². The van der Waals surface area contributed by atoms with Gasteiger partial charge in [0.1, 0.15) is 23.4 Å². The SMILES string of the molecule is CCCCCN(C(=O)C(CCSC)NC(=O)OC(C)(C)C)C(C(=O)NCCC(=O)OCC)c1ccc(O)c(C)c1. The number of esters is 1. The van der Waals surface area contributed by atoms with Crippen molar-refractivity contribution in [3.63, 3.8) is 0 Å². The first-order chi connectivity index (χ1) is 18.8. The number of carbonyl (C=O) groups excluding carboxylic acids is 4. The van der Waals surface area contributed by atoms with Gasteiger partial charge in [0.15, 0.2) is 0 Å². The number of nitrogens with zero attached hydrogens (tertiary/aromatic N) is 1. The number of amides is 3. The van der Waals surface area contributed by atoms with Crippen molar-refractivity contribution in [3.8, 4) is 5.75 Å². The molecule has 0 aliphatic heterocycles. The summed E-state index contributed by atoms with van der Waals surface area (Å²) in [5, 5.41) is 15.6. The zero-order valence-corrected chi connectivity index (χ0v) is 25.8. The minimum absolute atomic E-state index is 0.0127. The number of rotatable bonds is 16. The number of ether oxygens (including phenoxy) is 2. The second-order valence-corrected chi connectivity index (χ2v) is 11.5. The predicted octanol–water partition coefficient (Wildman–Crippen LogP) is 4.48. The number of hydrogen-bond acceptors (Lipinski definition) is 8. The fourth-order valence-corrected chi connectivity index (χ4v) is 4.45. The second kappa shape index (κ2) is 17.7. The Morgan fingerprint density at radius 1 is 1.12 bits per heavy atom. The van der Waals surface area contributed by atoms with Gasteiger partial charge in [-0.25, -0.2) is 4.79 Å². The molecule has 0 aromatic heterocycles. The number of phenols is 1. The molecule has 0 fully saturated rings. The molecule has 1 rings (SSSR count). The summed E-state index contributed by atoms with van der Waals surface area (Å²) in [6.07, 6.45) is 3.92. The van der Waals surface area contributed by atoms with E-state index in [4.69, 9.17) is 9.47 Å². The van der Waals surface area contributed by atoms with Gasteiger partial charge in [0.05, 0.1) is 13.0 Å². The zero-order valence-electron chi connectivity index (χ0n) is 25.0. The third kappa shape index (κ3) is 12.5. The maximum atomic E-state index is 14.1. The van der Waals surface area contributed by atoms with Gasteiger partial charge >= 0.3 is 12.1 Å². The molecule has 0 spiro atoms. The Labute approximate surface area is 242 Å². The summed E-state index contributed by atoms with van der Waals surface area (Å²) < 4.78 is 10.4. The van der Waals surface area contributed by atoms with E-state index in [0.29, 0.717) is 29.7 Å². The molecule has 1 aromatic rings. The largest absolute Gasteiger partial charge is 0.508 e. The number of unbranched alkanes of at least 4 members (excludes halogenated alkanes) is 2. The Morgan fingerprint density at radius 2 is 1.82 bits per heavy atom. The number of benzene rings is 1. The van der Waals surface area contributed by atoms with Crippen molar-refractivity contribution in [2.45, 2.75) is 91.3 Å². The van der Waals surface area contributed by atoms with Crippen LogP contribution in [0.25, 0.3) is 0 Å². The highest BCUT2D eigenvalue weighted by Crippen LogP contribution is 2.28. The molecule has 3 amide bonds. The smallest absolute Gasteiger partial charge is 0.408 e. The van der Waals surface area contributed by atoms with Crippen LogP contribution in [-0.4, -0.2) is 77.2 Å². The molecule has 2 atom stereocenters. The van der Waals surface area contributed by atoms with Crippen molar-refractivity contribution in [2.75, 3.05) is 31.7 Å². The Bertz CT molecular complexity index is 981. The van der Waals surface area contributed by atoms with Gasteiger partial charge in [0.25, 0.3) is 0 Å². The van der Waals surface area contributed by atoms with E-state index in [9.17, 15) is 24.3 Å². The standard InChI is InChI=1S/C29H47N3O7S/c1-8-10-11-17-32(27(36)22(15-18-40-7)31-28(37)39-29(4,5)6)25(21-12-13-23(33)20(3)19-21)26(35)30-16-14-24(34)38-9-2/h12-13,19,22,25,33H,8-11,14-18H2,1-7H3,(H,30,35)(H,31,37). The third-order valence-corrected chi connectivity index (χ3v) is 6.56. The summed E-state index contributed by atoms with van der Waals surface area (Å²) in [4.78, 5) is 53.8. The van der Waals surface area contributed by atoms with Crippen LogP contribution in [0.15, 0.2) is 18.2 Å². The lowest BCUT2D eigenvalue weighted by atomic mass is 9.99. The summed E-state index contributed by atoms with van der Waals surface area (Å²) in [6.45, 7) is 11.2. The molecule has 2 unspecified atom stereocenters. The Kier molecular flexibility index (Phi) is 15.5. The molecule has 226 valence electrons. The van der Waals surface area contributed by atoms with Gasteiger partial charge in [-0.05, 0) is 82.7 Å². The van der Waals surface area contributed by atoms with Crippen LogP contribution in [0.2, 0.25) is 0 Å². The monoisotopic (exact) mass is 581 g/mol. The van der Waals surface area contributed by atoms with Crippen LogP contribution in [0.3, 0.4) is 0 Å². The Morgan fingerprint density at radius 3 is 2.40 bits per heavy atom. The molecule has 0 aliphatic carbocycles. The quantitative estimate of drug-likeness (QED) is 0.192. The fourth-order valence-electron chi connectivity index (χ4n) is 3.98. The molecule has 1 aromatic carbocycles. The highest BCUT2D eigenvalue weighted by Gasteiger charge is 2.36. The molecule has 40 heavy (non-hydrogen) atoms. The molecule has 11 heteroatoms. The van der Waals surface area contributed by atoms with Crippen molar-refractivity contribution < 1.29 is 33.8 Å². The lowest BCUT2D eigenvalue weighted by Gasteiger charge is -2.34. The minimum atomic E-state index is -1.05. The molecule has 3 N–H and O–H groups in total. The first-order valence-electron chi connectivity index (χ1n) is 13.9. The molecule has 0 bridgehead atoms. The van der Waals surface area contributed by atoms with Gasteiger partial charge < -0.3 is 30.1 Å². The fraction of sp³-hybridized carbons (Fsp3) is 0.655. The number of carbonyl (C=O) groups is 4. The molecule has 0 saturated heterocycles. The first-order valence-corrected chi connectivity index (χ1v) is 15.3. The van der Waals surface area contributed by atoms with E-state index in [0.717, 1.165) is 12.8 Å². The second-order valence-electron chi connectivity index (χ2n) is 10.5. The lowest BCUT2D eigenvalue weighted by molar-refractivity contribution is -0.144. The van der Waals surface area contributed by atoms with Crippen LogP contribution < -0.4 is 10.6 Å². The van der Waals surface area contributed by atoms with Crippen molar-refractivity contribution in [1.82, 2.24) is 15.5 Å². The van der Waals surface area contributed by atoms with Crippen LogP contribution in [0, 0.1) is 6.92 Å². The van der Waals surface area contributed by atoms with E-state index < -0.39 is 41.6 Å². The zero-order chi connectivity index (χ0) is 30.3. The van der Waals surface area contributed by atoms with Crippen LogP contribution in [0.1, 0.15) is 83.9 Å². The number of thioether (sulfide) groups is 1. The van der Waals surface area contributed by atoms with E-state index in [-0.39, 0.29) is 31.9 Å². The predicted molar refractivity (Wildman–Crippen MR) is 157 cm³/mol. The van der Waals surface area contributed by atoms with Crippen molar-refractivity contribution >= 4 is 35.6 Å². The highest BCUT2D eigenvalue weighted by molar-refractivity contribution is 7.98. The van der Waals surface area contributed by atoms with Gasteiger partial charge in [-0.3, -0.25) is 14.4 Å². The van der Waals surface area contributed by atoms with Crippen LogP contribution in [0.5, 0.6) is 5.75 Å². The Hall–Kier alpha value is -2.95. The van der Waals surface area contributed by atoms with Crippen molar-refractivity contribution in [1.29, 1.82) is 0 Å². The molecule has 0 radical (unpaired) electrons. The molecule has 0 aliphatic rings. The maximum Gasteiger partial charge on any atom is 0.408 e. The first kappa shape index (κ1) is 35.1. The van der Waals surface area contributed by atoms with Crippen molar-refractivity contribution in [3.05, 3.63) is 29.3 Å². The summed E-state index contributed by atoms with van der Waals surface area (Å²) in [5.41, 5.74) is 0.311.